The summed E-state index contributed by atoms with van der Waals surface area (Å²) in [5.41, 5.74) is 9.82. The molecule has 0 saturated heterocycles. The lowest BCUT2D eigenvalue weighted by Crippen LogP contribution is -2.49. The van der Waals surface area contributed by atoms with Crippen LogP contribution in [0.3, 0.4) is 0 Å². The lowest BCUT2D eigenvalue weighted by atomic mass is 10.0. The quantitative estimate of drug-likeness (QED) is 0.225. The normalized spacial score (nSPS) is 12.2. The summed E-state index contributed by atoms with van der Waals surface area (Å²) in [6.45, 7) is 6.03. The molecule has 0 aliphatic rings. The van der Waals surface area contributed by atoms with E-state index in [1.165, 1.54) is 40.2 Å². The average molecular weight is 583 g/mol. The summed E-state index contributed by atoms with van der Waals surface area (Å²) in [6.07, 6.45) is -2.79. The van der Waals surface area contributed by atoms with Crippen molar-refractivity contribution in [2.45, 2.75) is 45.5 Å². The molecule has 0 bridgehead atoms. The number of nitrogens with zero attached hydrogens (tertiary/aromatic N) is 4. The number of carbonyl (C=O) groups is 1. The first-order chi connectivity index (χ1) is 19.4. The average Bonchev–Trinajstić information content (AvgIpc) is 3.39. The van der Waals surface area contributed by atoms with Gasteiger partial charge in [0, 0.05) is 17.3 Å². The zero-order chi connectivity index (χ0) is 29.7. The van der Waals surface area contributed by atoms with Gasteiger partial charge in [-0.15, -0.1) is 18.3 Å². The molecule has 0 aliphatic carbocycles. The monoisotopic (exact) mass is 582 g/mol. The number of hydrogen-bond donors (Lipinski definition) is 2. The number of benzene rings is 3. The fourth-order valence-corrected chi connectivity index (χ4v) is 4.73. The highest BCUT2D eigenvalue weighted by molar-refractivity contribution is 7.80. The fraction of sp³-hybridized carbons (Fsp3) is 0.241. The second-order valence-corrected chi connectivity index (χ2v) is 10.1. The first-order valence-corrected chi connectivity index (χ1v) is 13.2. The maximum absolute atomic E-state index is 12.4. The summed E-state index contributed by atoms with van der Waals surface area (Å²) in [5, 5.41) is 7.83. The van der Waals surface area contributed by atoms with Gasteiger partial charge in [-0.2, -0.15) is 0 Å². The molecule has 4 aromatic rings. The Bertz CT molecular complexity index is 1500. The summed E-state index contributed by atoms with van der Waals surface area (Å²) < 4.78 is 42.6. The number of rotatable bonds is 8. The number of primary amides is 1. The fourth-order valence-electron chi connectivity index (χ4n) is 4.35. The van der Waals surface area contributed by atoms with Gasteiger partial charge in [-0.05, 0) is 72.9 Å². The van der Waals surface area contributed by atoms with Gasteiger partial charge in [0.2, 0.25) is 0 Å². The zero-order valence-electron chi connectivity index (χ0n) is 22.6. The summed E-state index contributed by atoms with van der Waals surface area (Å²) in [7, 11) is 0. The predicted molar refractivity (Wildman–Crippen MR) is 155 cm³/mol. The van der Waals surface area contributed by atoms with Crippen LogP contribution in [0.4, 0.5) is 23.7 Å². The molecule has 1 heterocycles. The van der Waals surface area contributed by atoms with E-state index in [0.29, 0.717) is 17.9 Å². The third-order valence-corrected chi connectivity index (χ3v) is 6.59. The highest BCUT2D eigenvalue weighted by atomic mass is 32.1. The van der Waals surface area contributed by atoms with Crippen LogP contribution in [0.15, 0.2) is 79.1 Å². The van der Waals surface area contributed by atoms with Gasteiger partial charge in [-0.25, -0.2) is 14.5 Å². The van der Waals surface area contributed by atoms with Gasteiger partial charge in [0.05, 0.1) is 5.69 Å². The molecule has 1 unspecified atom stereocenters. The van der Waals surface area contributed by atoms with Crippen LogP contribution in [0.1, 0.15) is 37.8 Å². The van der Waals surface area contributed by atoms with Crippen LogP contribution in [0.2, 0.25) is 0 Å². The minimum absolute atomic E-state index is 0.225. The minimum atomic E-state index is -4.76. The molecule has 0 saturated carbocycles. The Morgan fingerprint density at radius 3 is 2.32 bits per heavy atom. The molecular weight excluding hydrogens is 553 g/mol. The molecule has 0 radical (unpaired) electrons. The molecule has 0 aliphatic heterocycles. The van der Waals surface area contributed by atoms with Crippen LogP contribution >= 0.6 is 12.2 Å². The van der Waals surface area contributed by atoms with E-state index >= 15 is 0 Å². The number of aromatic nitrogens is 3. The predicted octanol–water partition coefficient (Wildman–Crippen LogP) is 6.67. The van der Waals surface area contributed by atoms with Crippen molar-refractivity contribution >= 4 is 29.0 Å². The summed E-state index contributed by atoms with van der Waals surface area (Å²) in [6, 6.07) is 19.6. The van der Waals surface area contributed by atoms with Crippen LogP contribution in [0, 0.1) is 0 Å². The van der Waals surface area contributed by atoms with Crippen molar-refractivity contribution in [3.8, 4) is 22.8 Å². The van der Waals surface area contributed by atoms with Gasteiger partial charge in [-0.3, -0.25) is 4.90 Å². The van der Waals surface area contributed by atoms with Gasteiger partial charge >= 0.3 is 12.4 Å². The standard InChI is InChI=1S/C29H29F3N6O2S/c1-18(2)24-6-4-5-7-25(24)35-28(41)38(27(33)39)19(3)16-20-8-10-21(11-9-20)26-34-17-37(36-26)22-12-14-23(15-13-22)40-29(30,31)32/h4-15,17-19H,16H2,1-3H3,(H2,33,39)(H,35,41). The largest absolute Gasteiger partial charge is 0.573 e. The van der Waals surface area contributed by atoms with Crippen LogP contribution in [-0.4, -0.2) is 43.2 Å². The number of para-hydroxylation sites is 1. The van der Waals surface area contributed by atoms with Crippen molar-refractivity contribution in [3.63, 3.8) is 0 Å². The van der Waals surface area contributed by atoms with Crippen LogP contribution in [-0.2, 0) is 6.42 Å². The van der Waals surface area contributed by atoms with Crippen LogP contribution in [0.25, 0.3) is 17.1 Å². The highest BCUT2D eigenvalue weighted by Crippen LogP contribution is 2.26. The number of anilines is 1. The third kappa shape index (κ3) is 7.60. The van der Waals surface area contributed by atoms with Crippen molar-refractivity contribution in [1.29, 1.82) is 0 Å². The number of urea groups is 1. The second-order valence-electron chi connectivity index (χ2n) is 9.68. The number of halogens is 3. The Balaban J connectivity index is 1.42. The van der Waals surface area contributed by atoms with E-state index in [1.54, 1.807) is 0 Å². The molecule has 214 valence electrons. The van der Waals surface area contributed by atoms with E-state index in [1.807, 2.05) is 55.5 Å². The molecular formula is C29H29F3N6O2S. The number of carbonyl (C=O) groups excluding carboxylic acids is 1. The van der Waals surface area contributed by atoms with Crippen molar-refractivity contribution in [2.24, 2.45) is 5.73 Å². The topological polar surface area (TPSA) is 98.3 Å². The Morgan fingerprint density at radius 2 is 1.71 bits per heavy atom. The van der Waals surface area contributed by atoms with E-state index in [4.69, 9.17) is 18.0 Å². The second kappa shape index (κ2) is 12.4. The van der Waals surface area contributed by atoms with Gasteiger partial charge in [0.25, 0.3) is 0 Å². The van der Waals surface area contributed by atoms with Crippen LogP contribution < -0.4 is 15.8 Å². The number of nitrogens with one attached hydrogen (secondary N) is 1. The molecule has 1 atom stereocenters. The molecule has 0 fully saturated rings. The Labute approximate surface area is 240 Å². The SMILES string of the molecule is CC(C)c1ccccc1NC(=S)N(C(N)=O)C(C)Cc1ccc(-c2ncn(-c3ccc(OC(F)(F)F)cc3)n2)cc1. The summed E-state index contributed by atoms with van der Waals surface area (Å²) in [4.78, 5) is 18.0. The number of hydrogen-bond acceptors (Lipinski definition) is 5. The molecule has 2 amide bonds. The summed E-state index contributed by atoms with van der Waals surface area (Å²) >= 11 is 5.57. The molecule has 12 heteroatoms. The number of nitrogens with two attached hydrogens (primary N) is 1. The van der Waals surface area contributed by atoms with Gasteiger partial charge in [-0.1, -0.05) is 56.3 Å². The van der Waals surface area contributed by atoms with Crippen molar-refractivity contribution in [2.75, 3.05) is 5.32 Å². The zero-order valence-corrected chi connectivity index (χ0v) is 23.4. The van der Waals surface area contributed by atoms with Crippen molar-refractivity contribution in [3.05, 3.63) is 90.3 Å². The van der Waals surface area contributed by atoms with Crippen molar-refractivity contribution < 1.29 is 22.7 Å². The molecule has 4 rings (SSSR count). The van der Waals surface area contributed by atoms with E-state index in [0.717, 1.165) is 22.4 Å². The van der Waals surface area contributed by atoms with Crippen molar-refractivity contribution in [1.82, 2.24) is 19.7 Å². The van der Waals surface area contributed by atoms with E-state index < -0.39 is 12.4 Å². The molecule has 1 aromatic heterocycles. The summed E-state index contributed by atoms with van der Waals surface area (Å²) in [5.74, 6) is 0.380. The number of thiocarbonyl (C=S) groups is 1. The Hall–Kier alpha value is -4.45. The van der Waals surface area contributed by atoms with E-state index in [-0.39, 0.29) is 22.8 Å². The number of ether oxygens (including phenoxy) is 1. The molecule has 8 nitrogen and oxygen atoms in total. The molecule has 0 spiro atoms. The maximum atomic E-state index is 12.4. The Morgan fingerprint density at radius 1 is 1.05 bits per heavy atom. The first kappa shape index (κ1) is 29.5. The molecule has 3 N–H and O–H groups in total. The lowest BCUT2D eigenvalue weighted by Gasteiger charge is -2.29. The molecule has 41 heavy (non-hydrogen) atoms. The number of alkyl halides is 3. The first-order valence-electron chi connectivity index (χ1n) is 12.8. The Kier molecular flexibility index (Phi) is 8.92. The third-order valence-electron chi connectivity index (χ3n) is 6.29. The number of amides is 2. The molecule has 3 aromatic carbocycles. The van der Waals surface area contributed by atoms with Gasteiger partial charge in [0.15, 0.2) is 10.9 Å². The van der Waals surface area contributed by atoms with Gasteiger partial charge < -0.3 is 15.8 Å². The van der Waals surface area contributed by atoms with Crippen LogP contribution in [0.5, 0.6) is 5.75 Å². The van der Waals surface area contributed by atoms with Gasteiger partial charge in [0.1, 0.15) is 12.1 Å². The lowest BCUT2D eigenvalue weighted by molar-refractivity contribution is -0.274. The van der Waals surface area contributed by atoms with E-state index in [9.17, 15) is 18.0 Å². The highest BCUT2D eigenvalue weighted by Gasteiger charge is 2.31. The minimum Gasteiger partial charge on any atom is -0.406 e. The smallest absolute Gasteiger partial charge is 0.406 e. The van der Waals surface area contributed by atoms with E-state index in [2.05, 4.69) is 34.0 Å². The maximum Gasteiger partial charge on any atom is 0.573 e.